The lowest BCUT2D eigenvalue weighted by atomic mass is 9.98. The smallest absolute Gasteiger partial charge is 0.137 e. The molecule has 5 heteroatoms. The number of hydrogen-bond acceptors (Lipinski definition) is 5. The molecule has 0 radical (unpaired) electrons. The van der Waals surface area contributed by atoms with Crippen molar-refractivity contribution in [3.8, 4) is 32.8 Å². The molecule has 0 saturated heterocycles. The zero-order chi connectivity index (χ0) is 35.6. The first kappa shape index (κ1) is 30.7. The lowest BCUT2D eigenvalue weighted by Crippen LogP contribution is -2.10. The van der Waals surface area contributed by atoms with E-state index in [1.807, 2.05) is 18.2 Å². The number of furan rings is 2. The van der Waals surface area contributed by atoms with Gasteiger partial charge >= 0.3 is 0 Å². The van der Waals surface area contributed by atoms with Gasteiger partial charge in [0.25, 0.3) is 0 Å². The lowest BCUT2D eigenvalue weighted by molar-refractivity contribution is 0.668. The molecule has 0 aliphatic heterocycles. The number of hydrogen-bond donors (Lipinski definition) is 0. The standard InChI is InChI=1S/C49H30N2O2S/c1-3-11-31(12-4-1)32-21-23-35(24-22-32)51(36-16-9-15-34(29-36)38-18-10-20-43-46(38)39-17-7-8-19-41(39)52-43)37-25-26-42-40(30-37)47-44(53-42)27-28-45-48(47)50-49(54-45)33-13-5-2-6-14-33/h1-30H. The van der Waals surface area contributed by atoms with Crippen molar-refractivity contribution in [1.29, 1.82) is 0 Å². The minimum absolute atomic E-state index is 0.834. The second kappa shape index (κ2) is 12.3. The van der Waals surface area contributed by atoms with E-state index >= 15 is 0 Å². The van der Waals surface area contributed by atoms with E-state index < -0.39 is 0 Å². The highest BCUT2D eigenvalue weighted by Gasteiger charge is 2.20. The van der Waals surface area contributed by atoms with Crippen molar-refractivity contribution in [2.24, 2.45) is 0 Å². The van der Waals surface area contributed by atoms with Crippen molar-refractivity contribution in [3.63, 3.8) is 0 Å². The monoisotopic (exact) mass is 710 g/mol. The third kappa shape index (κ3) is 5.01. The summed E-state index contributed by atoms with van der Waals surface area (Å²) in [6, 6.07) is 63.8. The van der Waals surface area contributed by atoms with Crippen LogP contribution in [0.5, 0.6) is 0 Å². The van der Waals surface area contributed by atoms with Crippen molar-refractivity contribution in [3.05, 3.63) is 182 Å². The van der Waals surface area contributed by atoms with E-state index in [0.29, 0.717) is 0 Å². The Bertz CT molecular complexity index is 3160. The Morgan fingerprint density at radius 2 is 1.02 bits per heavy atom. The van der Waals surface area contributed by atoms with Gasteiger partial charge in [0.15, 0.2) is 0 Å². The predicted octanol–water partition coefficient (Wildman–Crippen LogP) is 14.6. The predicted molar refractivity (Wildman–Crippen MR) is 225 cm³/mol. The molecule has 0 aliphatic rings. The van der Waals surface area contributed by atoms with Crippen LogP contribution in [0.3, 0.4) is 0 Å². The molecule has 3 heterocycles. The van der Waals surface area contributed by atoms with Crippen molar-refractivity contribution < 1.29 is 8.83 Å². The molecule has 0 unspecified atom stereocenters. The third-order valence-corrected chi connectivity index (χ3v) is 11.4. The maximum absolute atomic E-state index is 6.47. The minimum atomic E-state index is 0.834. The summed E-state index contributed by atoms with van der Waals surface area (Å²) in [5, 5.41) is 5.31. The molecule has 0 amide bonds. The van der Waals surface area contributed by atoms with Gasteiger partial charge in [-0.1, -0.05) is 115 Å². The minimum Gasteiger partial charge on any atom is -0.456 e. The molecule has 4 nitrogen and oxygen atoms in total. The average molecular weight is 711 g/mol. The lowest BCUT2D eigenvalue weighted by Gasteiger charge is -2.26. The molecular formula is C49H30N2O2S. The zero-order valence-corrected chi connectivity index (χ0v) is 29.8. The summed E-state index contributed by atoms with van der Waals surface area (Å²) in [5.74, 6) is 0. The number of fused-ring (bicyclic) bond motifs is 8. The topological polar surface area (TPSA) is 42.4 Å². The average Bonchev–Trinajstić information content (AvgIpc) is 3.95. The molecule has 0 saturated carbocycles. The number of para-hydroxylation sites is 1. The van der Waals surface area contributed by atoms with Gasteiger partial charge in [0.1, 0.15) is 27.3 Å². The Balaban J connectivity index is 1.10. The second-order valence-corrected chi connectivity index (χ2v) is 14.6. The first-order chi connectivity index (χ1) is 26.7. The summed E-state index contributed by atoms with van der Waals surface area (Å²) in [6.07, 6.45) is 0. The Morgan fingerprint density at radius 3 is 1.85 bits per heavy atom. The van der Waals surface area contributed by atoms with Gasteiger partial charge in [0.05, 0.1) is 15.6 Å². The summed E-state index contributed by atoms with van der Waals surface area (Å²) in [4.78, 5) is 7.52. The third-order valence-electron chi connectivity index (χ3n) is 10.3. The van der Waals surface area contributed by atoms with Crippen LogP contribution in [0.1, 0.15) is 0 Å². The number of rotatable bonds is 6. The molecule has 8 aromatic carbocycles. The van der Waals surface area contributed by atoms with Crippen LogP contribution < -0.4 is 4.90 Å². The number of nitrogens with zero attached hydrogens (tertiary/aromatic N) is 2. The maximum atomic E-state index is 6.47. The Kier molecular flexibility index (Phi) is 7.00. The van der Waals surface area contributed by atoms with Crippen molar-refractivity contribution >= 4 is 82.5 Å². The molecule has 11 aromatic rings. The van der Waals surface area contributed by atoms with Crippen LogP contribution >= 0.6 is 11.3 Å². The first-order valence-corrected chi connectivity index (χ1v) is 18.8. The van der Waals surface area contributed by atoms with Crippen LogP contribution in [0.15, 0.2) is 191 Å². The normalized spacial score (nSPS) is 11.7. The fourth-order valence-corrected chi connectivity index (χ4v) is 8.77. The molecule has 11 rings (SSSR count). The number of aromatic nitrogens is 1. The van der Waals surface area contributed by atoms with E-state index in [-0.39, 0.29) is 0 Å². The van der Waals surface area contributed by atoms with Gasteiger partial charge in [-0.05, 0) is 89.0 Å². The maximum Gasteiger partial charge on any atom is 0.137 e. The van der Waals surface area contributed by atoms with Crippen LogP contribution in [-0.2, 0) is 0 Å². The van der Waals surface area contributed by atoms with Crippen molar-refractivity contribution in [2.45, 2.75) is 0 Å². The molecular weight excluding hydrogens is 681 g/mol. The SMILES string of the molecule is c1ccc(-c2ccc(N(c3cccc(-c4cccc5oc6ccccc6c45)c3)c3ccc4oc5ccc6sc(-c7ccccc7)nc6c5c4c3)cc2)cc1. The van der Waals surface area contributed by atoms with E-state index in [1.54, 1.807) is 11.3 Å². The second-order valence-electron chi connectivity index (χ2n) is 13.5. The highest BCUT2D eigenvalue weighted by Crippen LogP contribution is 2.44. The van der Waals surface area contributed by atoms with Crippen molar-refractivity contribution in [1.82, 2.24) is 4.98 Å². The van der Waals surface area contributed by atoms with E-state index in [0.717, 1.165) is 92.9 Å². The molecule has 0 N–H and O–H groups in total. The van der Waals surface area contributed by atoms with Gasteiger partial charge in [-0.25, -0.2) is 4.98 Å². The summed E-state index contributed by atoms with van der Waals surface area (Å²) in [6.45, 7) is 0. The fraction of sp³-hybridized carbons (Fsp3) is 0. The zero-order valence-electron chi connectivity index (χ0n) is 28.9. The Labute approximate surface area is 314 Å². The van der Waals surface area contributed by atoms with E-state index in [4.69, 9.17) is 13.8 Å². The van der Waals surface area contributed by atoms with Crippen LogP contribution in [0.4, 0.5) is 17.1 Å². The number of anilines is 3. The quantitative estimate of drug-likeness (QED) is 0.172. The van der Waals surface area contributed by atoms with Gasteiger partial charge in [-0.3, -0.25) is 0 Å². The molecule has 54 heavy (non-hydrogen) atoms. The molecule has 0 bridgehead atoms. The molecule has 254 valence electrons. The number of benzene rings is 8. The molecule has 0 atom stereocenters. The summed E-state index contributed by atoms with van der Waals surface area (Å²) < 4.78 is 13.9. The van der Waals surface area contributed by atoms with E-state index in [1.165, 1.54) is 11.1 Å². The van der Waals surface area contributed by atoms with Gasteiger partial charge < -0.3 is 13.7 Å². The molecule has 0 fully saturated rings. The summed E-state index contributed by atoms with van der Waals surface area (Å²) in [5.41, 5.74) is 13.2. The highest BCUT2D eigenvalue weighted by atomic mass is 32.1. The first-order valence-electron chi connectivity index (χ1n) is 18.0. The van der Waals surface area contributed by atoms with Crippen LogP contribution in [0, 0.1) is 0 Å². The number of thiazole rings is 1. The highest BCUT2D eigenvalue weighted by molar-refractivity contribution is 7.21. The van der Waals surface area contributed by atoms with Gasteiger partial charge in [-0.15, -0.1) is 11.3 Å². The molecule has 0 aliphatic carbocycles. The van der Waals surface area contributed by atoms with Crippen LogP contribution in [0.25, 0.3) is 86.9 Å². The van der Waals surface area contributed by atoms with E-state index in [9.17, 15) is 0 Å². The van der Waals surface area contributed by atoms with Gasteiger partial charge in [-0.2, -0.15) is 0 Å². The molecule has 3 aromatic heterocycles. The summed E-state index contributed by atoms with van der Waals surface area (Å²) in [7, 11) is 0. The largest absolute Gasteiger partial charge is 0.456 e. The fourth-order valence-electron chi connectivity index (χ4n) is 7.79. The van der Waals surface area contributed by atoms with Gasteiger partial charge in [0, 0.05) is 38.8 Å². The van der Waals surface area contributed by atoms with Crippen LogP contribution in [-0.4, -0.2) is 4.98 Å². The van der Waals surface area contributed by atoms with Crippen LogP contribution in [0.2, 0.25) is 0 Å². The van der Waals surface area contributed by atoms with Crippen molar-refractivity contribution in [2.75, 3.05) is 4.90 Å². The summed E-state index contributed by atoms with van der Waals surface area (Å²) >= 11 is 1.71. The molecule has 0 spiro atoms. The Morgan fingerprint density at radius 1 is 0.407 bits per heavy atom. The van der Waals surface area contributed by atoms with E-state index in [2.05, 4.69) is 169 Å². The Hall–Kier alpha value is -6.95. The van der Waals surface area contributed by atoms with Gasteiger partial charge in [0.2, 0.25) is 0 Å².